The van der Waals surface area contributed by atoms with Crippen molar-refractivity contribution in [3.8, 4) is 0 Å². The molecule has 0 aromatic carbocycles. The minimum absolute atomic E-state index is 0.641. The average molecular weight is 252 g/mol. The molecule has 2 N–H and O–H groups in total. The van der Waals surface area contributed by atoms with Gasteiger partial charge in [-0.2, -0.15) is 0 Å². The van der Waals surface area contributed by atoms with Crippen LogP contribution in [0.25, 0.3) is 0 Å². The second-order valence-corrected chi connectivity index (χ2v) is 5.50. The first-order valence-corrected chi connectivity index (χ1v) is 7.54. The van der Waals surface area contributed by atoms with Gasteiger partial charge < -0.3 is 10.6 Å². The Labute approximate surface area is 111 Å². The lowest BCUT2D eigenvalue weighted by molar-refractivity contribution is 0.267. The van der Waals surface area contributed by atoms with Gasteiger partial charge in [-0.05, 0) is 38.8 Å². The number of nitrogens with one attached hydrogen (secondary N) is 2. The summed E-state index contributed by atoms with van der Waals surface area (Å²) in [6.07, 6.45) is 7.98. The molecule has 1 unspecified atom stereocenters. The first-order valence-electron chi connectivity index (χ1n) is 7.54. The van der Waals surface area contributed by atoms with Crippen LogP contribution in [0.2, 0.25) is 0 Å². The number of guanidine groups is 1. The van der Waals surface area contributed by atoms with E-state index >= 15 is 0 Å². The Morgan fingerprint density at radius 1 is 1.22 bits per heavy atom. The molecule has 18 heavy (non-hydrogen) atoms. The fraction of sp³-hybridized carbons (Fsp3) is 0.929. The van der Waals surface area contributed by atoms with Crippen molar-refractivity contribution in [2.75, 3.05) is 26.7 Å². The smallest absolute Gasteiger partial charge is 0.191 e. The number of aliphatic imine (C=N–C) groups is 1. The number of nitrogens with zero attached hydrogens (tertiary/aromatic N) is 2. The summed E-state index contributed by atoms with van der Waals surface area (Å²) in [6.45, 7) is 5.71. The molecule has 1 saturated carbocycles. The van der Waals surface area contributed by atoms with Gasteiger partial charge in [0, 0.05) is 25.7 Å². The van der Waals surface area contributed by atoms with Crippen LogP contribution < -0.4 is 10.6 Å². The van der Waals surface area contributed by atoms with Crippen LogP contribution in [0.15, 0.2) is 4.99 Å². The minimum atomic E-state index is 0.641. The van der Waals surface area contributed by atoms with E-state index in [1.54, 1.807) is 0 Å². The molecule has 0 aromatic rings. The van der Waals surface area contributed by atoms with Crippen molar-refractivity contribution in [1.82, 2.24) is 15.5 Å². The predicted octanol–water partition coefficient (Wildman–Crippen LogP) is 1.58. The summed E-state index contributed by atoms with van der Waals surface area (Å²) in [7, 11) is 1.87. The van der Waals surface area contributed by atoms with E-state index in [1.807, 2.05) is 7.05 Å². The molecule has 0 amide bonds. The summed E-state index contributed by atoms with van der Waals surface area (Å²) in [6, 6.07) is 1.33. The van der Waals surface area contributed by atoms with Crippen LogP contribution in [-0.2, 0) is 0 Å². The maximum absolute atomic E-state index is 4.34. The SMILES string of the molecule is CCN1CCCC1CNC(=NC)NC1CCCC1. The van der Waals surface area contributed by atoms with Crippen molar-refractivity contribution in [2.24, 2.45) is 4.99 Å². The van der Waals surface area contributed by atoms with E-state index in [0.29, 0.717) is 12.1 Å². The van der Waals surface area contributed by atoms with E-state index in [-0.39, 0.29) is 0 Å². The largest absolute Gasteiger partial charge is 0.355 e. The molecular formula is C14H28N4. The molecule has 0 aromatic heterocycles. The van der Waals surface area contributed by atoms with Gasteiger partial charge in [0.25, 0.3) is 0 Å². The van der Waals surface area contributed by atoms with Crippen molar-refractivity contribution in [3.05, 3.63) is 0 Å². The van der Waals surface area contributed by atoms with Gasteiger partial charge in [-0.1, -0.05) is 19.8 Å². The van der Waals surface area contributed by atoms with Gasteiger partial charge >= 0.3 is 0 Å². The van der Waals surface area contributed by atoms with E-state index in [2.05, 4.69) is 27.4 Å². The number of likely N-dealkylation sites (N-methyl/N-ethyl adjacent to an activating group) is 1. The van der Waals surface area contributed by atoms with Gasteiger partial charge in [-0.3, -0.25) is 9.89 Å². The second kappa shape index (κ2) is 6.98. The predicted molar refractivity (Wildman–Crippen MR) is 77.0 cm³/mol. The molecule has 0 radical (unpaired) electrons. The standard InChI is InChI=1S/C14H28N4/c1-3-18-10-6-9-13(18)11-16-14(15-2)17-12-7-4-5-8-12/h12-13H,3-11H2,1-2H3,(H2,15,16,17). The average Bonchev–Trinajstić information content (AvgIpc) is 3.05. The Bertz CT molecular complexity index is 271. The topological polar surface area (TPSA) is 39.7 Å². The number of hydrogen-bond donors (Lipinski definition) is 2. The normalized spacial score (nSPS) is 26.8. The highest BCUT2D eigenvalue weighted by Gasteiger charge is 2.23. The monoisotopic (exact) mass is 252 g/mol. The Morgan fingerprint density at radius 3 is 2.67 bits per heavy atom. The van der Waals surface area contributed by atoms with Crippen LogP contribution in [0.5, 0.6) is 0 Å². The van der Waals surface area contributed by atoms with E-state index < -0.39 is 0 Å². The Hall–Kier alpha value is -0.770. The quantitative estimate of drug-likeness (QED) is 0.589. The summed E-state index contributed by atoms with van der Waals surface area (Å²) in [5, 5.41) is 7.04. The van der Waals surface area contributed by atoms with Crippen LogP contribution in [-0.4, -0.2) is 49.6 Å². The van der Waals surface area contributed by atoms with Gasteiger partial charge in [-0.15, -0.1) is 0 Å². The third kappa shape index (κ3) is 3.61. The van der Waals surface area contributed by atoms with Gasteiger partial charge in [0.05, 0.1) is 0 Å². The van der Waals surface area contributed by atoms with Gasteiger partial charge in [0.2, 0.25) is 0 Å². The first-order chi connectivity index (χ1) is 8.83. The zero-order valence-corrected chi connectivity index (χ0v) is 11.9. The van der Waals surface area contributed by atoms with Gasteiger partial charge in [-0.25, -0.2) is 0 Å². The van der Waals surface area contributed by atoms with Crippen molar-refractivity contribution in [2.45, 2.75) is 57.5 Å². The molecule has 104 valence electrons. The fourth-order valence-corrected chi connectivity index (χ4v) is 3.22. The maximum Gasteiger partial charge on any atom is 0.191 e. The molecule has 2 fully saturated rings. The van der Waals surface area contributed by atoms with Crippen LogP contribution in [0.1, 0.15) is 45.4 Å². The van der Waals surface area contributed by atoms with Gasteiger partial charge in [0.15, 0.2) is 5.96 Å². The van der Waals surface area contributed by atoms with E-state index in [4.69, 9.17) is 0 Å². The third-order valence-electron chi connectivity index (χ3n) is 4.33. The molecule has 1 saturated heterocycles. The zero-order valence-electron chi connectivity index (χ0n) is 11.9. The molecule has 4 heteroatoms. The van der Waals surface area contributed by atoms with Gasteiger partial charge in [0.1, 0.15) is 0 Å². The Kier molecular flexibility index (Phi) is 5.29. The fourth-order valence-electron chi connectivity index (χ4n) is 3.22. The van der Waals surface area contributed by atoms with E-state index in [1.165, 1.54) is 51.6 Å². The summed E-state index contributed by atoms with van der Waals surface area (Å²) in [5.74, 6) is 0.991. The van der Waals surface area contributed by atoms with E-state index in [9.17, 15) is 0 Å². The molecule has 1 atom stereocenters. The summed E-state index contributed by atoms with van der Waals surface area (Å²) >= 11 is 0. The van der Waals surface area contributed by atoms with Crippen LogP contribution in [0.3, 0.4) is 0 Å². The minimum Gasteiger partial charge on any atom is -0.355 e. The van der Waals surface area contributed by atoms with Crippen LogP contribution >= 0.6 is 0 Å². The summed E-state index contributed by atoms with van der Waals surface area (Å²) in [4.78, 5) is 6.90. The highest BCUT2D eigenvalue weighted by molar-refractivity contribution is 5.80. The molecule has 2 rings (SSSR count). The lowest BCUT2D eigenvalue weighted by Gasteiger charge is -2.24. The molecule has 1 aliphatic carbocycles. The van der Waals surface area contributed by atoms with Crippen molar-refractivity contribution < 1.29 is 0 Å². The van der Waals surface area contributed by atoms with Crippen molar-refractivity contribution >= 4 is 5.96 Å². The van der Waals surface area contributed by atoms with E-state index in [0.717, 1.165) is 12.5 Å². The Morgan fingerprint density at radius 2 is 2.00 bits per heavy atom. The molecule has 1 heterocycles. The number of rotatable bonds is 4. The molecule has 4 nitrogen and oxygen atoms in total. The van der Waals surface area contributed by atoms with Crippen LogP contribution in [0, 0.1) is 0 Å². The molecular weight excluding hydrogens is 224 g/mol. The number of hydrogen-bond acceptors (Lipinski definition) is 2. The third-order valence-corrected chi connectivity index (χ3v) is 4.33. The molecule has 2 aliphatic rings. The molecule has 0 spiro atoms. The summed E-state index contributed by atoms with van der Waals surface area (Å²) in [5.41, 5.74) is 0. The second-order valence-electron chi connectivity index (χ2n) is 5.50. The Balaban J connectivity index is 1.73. The highest BCUT2D eigenvalue weighted by atomic mass is 15.2. The lowest BCUT2D eigenvalue weighted by atomic mass is 10.2. The lowest BCUT2D eigenvalue weighted by Crippen LogP contribution is -2.47. The molecule has 1 aliphatic heterocycles. The van der Waals surface area contributed by atoms with Crippen molar-refractivity contribution in [1.29, 1.82) is 0 Å². The zero-order chi connectivity index (χ0) is 12.8. The first kappa shape index (κ1) is 13.7. The summed E-state index contributed by atoms with van der Waals surface area (Å²) < 4.78 is 0. The molecule has 0 bridgehead atoms. The highest BCUT2D eigenvalue weighted by Crippen LogP contribution is 2.18. The van der Waals surface area contributed by atoms with Crippen LogP contribution in [0.4, 0.5) is 0 Å². The maximum atomic E-state index is 4.34. The van der Waals surface area contributed by atoms with Crippen molar-refractivity contribution in [3.63, 3.8) is 0 Å². The number of likely N-dealkylation sites (tertiary alicyclic amines) is 1.